The Morgan fingerprint density at radius 3 is 2.53 bits per heavy atom. The van der Waals surface area contributed by atoms with Crippen LogP contribution in [0.4, 0.5) is 4.79 Å². The average molecular weight is 303 g/mol. The molecule has 0 radical (unpaired) electrons. The molecular weight excluding hydrogens is 285 g/mol. The van der Waals surface area contributed by atoms with E-state index >= 15 is 0 Å². The Bertz CT molecular complexity index is 447. The normalized spacial score (nSPS) is 14.5. The first kappa shape index (κ1) is 16.1. The summed E-state index contributed by atoms with van der Waals surface area (Å²) in [5, 5.41) is 2.37. The van der Waals surface area contributed by atoms with Gasteiger partial charge in [-0.15, -0.1) is 0 Å². The number of hydrogen-bond acceptors (Lipinski definition) is 4. The zero-order valence-electron chi connectivity index (χ0n) is 10.8. The largest absolute Gasteiger partial charge is 0.445 e. The first-order chi connectivity index (χ1) is 8.80. The third-order valence-electron chi connectivity index (χ3n) is 2.43. The lowest BCUT2D eigenvalue weighted by Gasteiger charge is -2.27. The van der Waals surface area contributed by atoms with Crippen molar-refractivity contribution in [2.24, 2.45) is 0 Å². The van der Waals surface area contributed by atoms with E-state index in [-0.39, 0.29) is 6.61 Å². The van der Waals surface area contributed by atoms with Gasteiger partial charge in [-0.1, -0.05) is 30.3 Å². The third kappa shape index (κ3) is 5.68. The number of thiol groups is 1. The number of alkyl carbamates (subject to hydrolysis) is 1. The van der Waals surface area contributed by atoms with Gasteiger partial charge in [0.05, 0.1) is 0 Å². The molecule has 1 aromatic rings. The number of benzene rings is 1. The second kappa shape index (κ2) is 6.98. The highest BCUT2D eigenvalue weighted by Crippen LogP contribution is 2.33. The summed E-state index contributed by atoms with van der Waals surface area (Å²) < 4.78 is 15.4. The van der Waals surface area contributed by atoms with Crippen molar-refractivity contribution in [2.45, 2.75) is 31.0 Å². The molecule has 0 saturated heterocycles. The summed E-state index contributed by atoms with van der Waals surface area (Å²) in [4.78, 5) is 20.8. The van der Waals surface area contributed by atoms with Crippen molar-refractivity contribution < 1.29 is 19.0 Å². The van der Waals surface area contributed by atoms with Gasteiger partial charge in [0.25, 0.3) is 0 Å². The monoisotopic (exact) mass is 303 g/mol. The van der Waals surface area contributed by atoms with Crippen molar-refractivity contribution in [3.63, 3.8) is 0 Å². The summed E-state index contributed by atoms with van der Waals surface area (Å²) in [7, 11) is -2.95. The van der Waals surface area contributed by atoms with Gasteiger partial charge in [-0.3, -0.25) is 4.57 Å². The zero-order valence-corrected chi connectivity index (χ0v) is 12.7. The Morgan fingerprint density at radius 2 is 2.05 bits per heavy atom. The maximum absolute atomic E-state index is 11.6. The van der Waals surface area contributed by atoms with E-state index in [0.29, 0.717) is 0 Å². The number of nitrogens with one attached hydrogen (secondary N) is 1. The SMILES string of the molecule is CC(C)(S)C(NC(=O)OCc1ccccc1)[PH](=O)O. The predicted molar refractivity (Wildman–Crippen MR) is 77.8 cm³/mol. The second-order valence-electron chi connectivity index (χ2n) is 4.63. The Balaban J connectivity index is 2.52. The predicted octanol–water partition coefficient (Wildman–Crippen LogP) is 2.41. The lowest BCUT2D eigenvalue weighted by Crippen LogP contribution is -2.44. The van der Waals surface area contributed by atoms with Gasteiger partial charge in [-0.25, -0.2) is 4.79 Å². The molecule has 1 amide bonds. The molecule has 0 spiro atoms. The zero-order chi connectivity index (χ0) is 14.5. The molecule has 7 heteroatoms. The standard InChI is InChI=1S/C12H18NO4PS/c1-12(2,19)10(18(15)16)13-11(14)17-8-9-6-4-3-5-7-9/h3-7,10,18-19H,8H2,1-2H3,(H,13,14)(H,15,16). The smallest absolute Gasteiger partial charge is 0.408 e. The fraction of sp³-hybridized carbons (Fsp3) is 0.417. The van der Waals surface area contributed by atoms with Gasteiger partial charge in [0.2, 0.25) is 8.03 Å². The molecule has 0 heterocycles. The van der Waals surface area contributed by atoms with Crippen molar-refractivity contribution in [1.82, 2.24) is 5.32 Å². The minimum atomic E-state index is -2.95. The van der Waals surface area contributed by atoms with E-state index in [1.165, 1.54) is 0 Å². The van der Waals surface area contributed by atoms with Crippen LogP contribution in [0.1, 0.15) is 19.4 Å². The Kier molecular flexibility index (Phi) is 5.91. The number of amides is 1. The molecule has 0 aliphatic heterocycles. The lowest BCUT2D eigenvalue weighted by atomic mass is 10.2. The molecule has 0 fully saturated rings. The van der Waals surface area contributed by atoms with E-state index in [1.807, 2.05) is 30.3 Å². The highest BCUT2D eigenvalue weighted by Gasteiger charge is 2.32. The summed E-state index contributed by atoms with van der Waals surface area (Å²) in [6.45, 7) is 3.41. The lowest BCUT2D eigenvalue weighted by molar-refractivity contribution is 0.137. The van der Waals surface area contributed by atoms with Gasteiger partial charge in [-0.05, 0) is 19.4 Å². The Labute approximate surface area is 118 Å². The van der Waals surface area contributed by atoms with Crippen LogP contribution in [-0.4, -0.2) is 21.5 Å². The number of hydrogen-bond donors (Lipinski definition) is 3. The fourth-order valence-corrected chi connectivity index (χ4v) is 2.66. The number of ether oxygens (including phenoxy) is 1. The van der Waals surface area contributed by atoms with Crippen LogP contribution < -0.4 is 5.32 Å². The van der Waals surface area contributed by atoms with Crippen LogP contribution in [0, 0.1) is 0 Å². The van der Waals surface area contributed by atoms with Gasteiger partial charge in [-0.2, -0.15) is 12.6 Å². The van der Waals surface area contributed by atoms with Crippen molar-refractivity contribution in [3.05, 3.63) is 35.9 Å². The minimum absolute atomic E-state index is 0.110. The molecule has 0 aromatic heterocycles. The molecule has 0 bridgehead atoms. The first-order valence-corrected chi connectivity index (χ1v) is 7.61. The van der Waals surface area contributed by atoms with Crippen molar-refractivity contribution >= 4 is 26.7 Å². The van der Waals surface area contributed by atoms with Crippen LogP contribution in [-0.2, 0) is 15.9 Å². The van der Waals surface area contributed by atoms with Crippen molar-refractivity contribution in [2.75, 3.05) is 0 Å². The third-order valence-corrected chi connectivity index (χ3v) is 4.29. The molecule has 5 nitrogen and oxygen atoms in total. The van der Waals surface area contributed by atoms with Gasteiger partial charge in [0, 0.05) is 4.75 Å². The average Bonchev–Trinajstić information content (AvgIpc) is 2.33. The Morgan fingerprint density at radius 1 is 1.47 bits per heavy atom. The molecular formula is C12H18NO4PS. The molecule has 0 aliphatic carbocycles. The first-order valence-electron chi connectivity index (χ1n) is 5.73. The summed E-state index contributed by atoms with van der Waals surface area (Å²) in [6.07, 6.45) is -0.733. The van der Waals surface area contributed by atoms with Gasteiger partial charge in [0.1, 0.15) is 12.4 Å². The maximum Gasteiger partial charge on any atom is 0.408 e. The van der Waals surface area contributed by atoms with Crippen molar-refractivity contribution in [3.8, 4) is 0 Å². The maximum atomic E-state index is 11.6. The van der Waals surface area contributed by atoms with Crippen LogP contribution in [0.15, 0.2) is 30.3 Å². The summed E-state index contributed by atoms with van der Waals surface area (Å²) >= 11 is 4.20. The summed E-state index contributed by atoms with van der Waals surface area (Å²) in [6, 6.07) is 9.18. The fourth-order valence-electron chi connectivity index (χ4n) is 1.42. The summed E-state index contributed by atoms with van der Waals surface area (Å²) in [5.74, 6) is -0.941. The quantitative estimate of drug-likeness (QED) is 0.577. The van der Waals surface area contributed by atoms with E-state index in [2.05, 4.69) is 17.9 Å². The molecule has 19 heavy (non-hydrogen) atoms. The van der Waals surface area contributed by atoms with Crippen LogP contribution in [0.25, 0.3) is 0 Å². The van der Waals surface area contributed by atoms with Crippen molar-refractivity contribution in [1.29, 1.82) is 0 Å². The Hall–Kier alpha value is -0.970. The van der Waals surface area contributed by atoms with E-state index in [0.717, 1.165) is 5.56 Å². The van der Waals surface area contributed by atoms with E-state index < -0.39 is 24.7 Å². The molecule has 2 N–H and O–H groups in total. The molecule has 0 saturated carbocycles. The number of carbonyl (C=O) groups excluding carboxylic acids is 1. The minimum Gasteiger partial charge on any atom is -0.445 e. The number of rotatable bonds is 5. The van der Waals surface area contributed by atoms with Gasteiger partial charge < -0.3 is 14.9 Å². The molecule has 2 unspecified atom stereocenters. The molecule has 1 aromatic carbocycles. The number of carbonyl (C=O) groups is 1. The van der Waals surface area contributed by atoms with E-state index in [9.17, 15) is 14.3 Å². The topological polar surface area (TPSA) is 75.6 Å². The highest BCUT2D eigenvalue weighted by atomic mass is 32.1. The highest BCUT2D eigenvalue weighted by molar-refractivity contribution is 7.82. The van der Waals surface area contributed by atoms with E-state index in [4.69, 9.17) is 4.74 Å². The van der Waals surface area contributed by atoms with Crippen LogP contribution in [0.3, 0.4) is 0 Å². The molecule has 0 aliphatic rings. The van der Waals surface area contributed by atoms with Crippen LogP contribution >= 0.6 is 20.7 Å². The van der Waals surface area contributed by atoms with Gasteiger partial charge in [0.15, 0.2) is 0 Å². The molecule has 2 atom stereocenters. The van der Waals surface area contributed by atoms with Gasteiger partial charge >= 0.3 is 6.09 Å². The molecule has 1 rings (SSSR count). The van der Waals surface area contributed by atoms with Crippen LogP contribution in [0.5, 0.6) is 0 Å². The van der Waals surface area contributed by atoms with E-state index in [1.54, 1.807) is 13.8 Å². The summed E-state index contributed by atoms with van der Waals surface area (Å²) in [5.41, 5.74) is 0.844. The second-order valence-corrected chi connectivity index (χ2v) is 7.04. The molecule has 106 valence electrons. The van der Waals surface area contributed by atoms with Crippen LogP contribution in [0.2, 0.25) is 0 Å².